The minimum absolute atomic E-state index is 0.622. The van der Waals surface area contributed by atoms with Gasteiger partial charge >= 0.3 is 0 Å². The van der Waals surface area contributed by atoms with Crippen LogP contribution in [-0.2, 0) is 4.74 Å². The molecule has 2 unspecified atom stereocenters. The highest BCUT2D eigenvalue weighted by Gasteiger charge is 2.25. The van der Waals surface area contributed by atoms with E-state index in [2.05, 4.69) is 0 Å². The molecule has 0 amide bonds. The molecule has 1 aliphatic carbocycles. The molecule has 3 heteroatoms. The first kappa shape index (κ1) is 11.0. The smallest absolute Gasteiger partial charge is 0.0659 e. The Morgan fingerprint density at radius 3 is 2.85 bits per heavy atom. The molecular formula is C10H18ClNO. The van der Waals surface area contributed by atoms with Gasteiger partial charge in [-0.15, -0.1) is 0 Å². The lowest BCUT2D eigenvalue weighted by molar-refractivity contribution is 0.108. The van der Waals surface area contributed by atoms with Crippen LogP contribution < -0.4 is 5.73 Å². The third kappa shape index (κ3) is 3.67. The predicted molar refractivity (Wildman–Crippen MR) is 55.7 cm³/mol. The van der Waals surface area contributed by atoms with Gasteiger partial charge in [0.25, 0.3) is 0 Å². The molecule has 0 radical (unpaired) electrons. The molecule has 0 bridgehead atoms. The highest BCUT2D eigenvalue weighted by molar-refractivity contribution is 6.25. The van der Waals surface area contributed by atoms with Gasteiger partial charge in [-0.2, -0.15) is 0 Å². The summed E-state index contributed by atoms with van der Waals surface area (Å²) in [4.78, 5) is 0. The molecule has 2 nitrogen and oxygen atoms in total. The maximum absolute atomic E-state index is 5.66. The third-order valence-electron chi connectivity index (χ3n) is 2.75. The van der Waals surface area contributed by atoms with E-state index in [1.807, 2.05) is 6.08 Å². The van der Waals surface area contributed by atoms with Crippen LogP contribution in [0.4, 0.5) is 0 Å². The Morgan fingerprint density at radius 2 is 2.15 bits per heavy atom. The Labute approximate surface area is 85.1 Å². The number of hydrogen-bond donors (Lipinski definition) is 1. The van der Waals surface area contributed by atoms with E-state index in [4.69, 9.17) is 22.1 Å². The van der Waals surface area contributed by atoms with Crippen LogP contribution in [0.3, 0.4) is 0 Å². The monoisotopic (exact) mass is 203 g/mol. The van der Waals surface area contributed by atoms with E-state index >= 15 is 0 Å². The number of rotatable bonds is 5. The second-order valence-electron chi connectivity index (χ2n) is 3.59. The lowest BCUT2D eigenvalue weighted by Crippen LogP contribution is -2.22. The standard InChI is InChI=1S/C10H18ClNO/c11-5-2-6-13-8-10-4-1-3-9(10)7-12/h2,5,9-10H,1,3-4,6-8,12H2. The Kier molecular flexibility index (Phi) is 5.44. The molecular weight excluding hydrogens is 186 g/mol. The van der Waals surface area contributed by atoms with E-state index in [0.29, 0.717) is 18.4 Å². The van der Waals surface area contributed by atoms with Gasteiger partial charge in [0.15, 0.2) is 0 Å². The Morgan fingerprint density at radius 1 is 1.38 bits per heavy atom. The number of hydrogen-bond acceptors (Lipinski definition) is 2. The van der Waals surface area contributed by atoms with Gasteiger partial charge < -0.3 is 10.5 Å². The van der Waals surface area contributed by atoms with Crippen LogP contribution in [0, 0.1) is 11.8 Å². The largest absolute Gasteiger partial charge is 0.377 e. The maximum atomic E-state index is 5.66. The van der Waals surface area contributed by atoms with E-state index in [9.17, 15) is 0 Å². The molecule has 0 aromatic carbocycles. The Balaban J connectivity index is 2.12. The summed E-state index contributed by atoms with van der Waals surface area (Å²) in [6, 6.07) is 0. The average molecular weight is 204 g/mol. The van der Waals surface area contributed by atoms with Crippen molar-refractivity contribution in [2.24, 2.45) is 17.6 Å². The number of halogens is 1. The summed E-state index contributed by atoms with van der Waals surface area (Å²) in [5, 5.41) is 0. The van der Waals surface area contributed by atoms with Crippen LogP contribution in [0.1, 0.15) is 19.3 Å². The molecule has 0 aromatic rings. The molecule has 0 spiro atoms. The van der Waals surface area contributed by atoms with Crippen molar-refractivity contribution in [3.8, 4) is 0 Å². The van der Waals surface area contributed by atoms with Crippen molar-refractivity contribution in [1.82, 2.24) is 0 Å². The molecule has 2 N–H and O–H groups in total. The molecule has 1 aliphatic rings. The molecule has 2 atom stereocenters. The summed E-state index contributed by atoms with van der Waals surface area (Å²) in [7, 11) is 0. The quantitative estimate of drug-likeness (QED) is 0.695. The van der Waals surface area contributed by atoms with Gasteiger partial charge in [-0.1, -0.05) is 18.0 Å². The van der Waals surface area contributed by atoms with Crippen LogP contribution in [0.15, 0.2) is 11.6 Å². The zero-order valence-electron chi connectivity index (χ0n) is 7.92. The molecule has 1 fully saturated rings. The highest BCUT2D eigenvalue weighted by atomic mass is 35.5. The van der Waals surface area contributed by atoms with E-state index in [1.54, 1.807) is 0 Å². The zero-order chi connectivity index (χ0) is 9.52. The number of nitrogens with two attached hydrogens (primary N) is 1. The molecule has 0 aromatic heterocycles. The van der Waals surface area contributed by atoms with Crippen molar-refractivity contribution >= 4 is 11.6 Å². The zero-order valence-corrected chi connectivity index (χ0v) is 8.67. The SMILES string of the molecule is NCC1CCCC1COCC=CCl. The van der Waals surface area contributed by atoms with Crippen LogP contribution >= 0.6 is 11.6 Å². The first-order valence-corrected chi connectivity index (χ1v) is 5.35. The van der Waals surface area contributed by atoms with E-state index < -0.39 is 0 Å². The van der Waals surface area contributed by atoms with Gasteiger partial charge in [0.05, 0.1) is 13.2 Å². The fraction of sp³-hybridized carbons (Fsp3) is 0.800. The first-order valence-electron chi connectivity index (χ1n) is 4.91. The molecule has 1 rings (SSSR count). The predicted octanol–water partition coefficient (Wildman–Crippen LogP) is 2.13. The van der Waals surface area contributed by atoms with Gasteiger partial charge in [0, 0.05) is 5.54 Å². The molecule has 0 heterocycles. The van der Waals surface area contributed by atoms with Crippen LogP contribution in [-0.4, -0.2) is 19.8 Å². The minimum Gasteiger partial charge on any atom is -0.377 e. The Bertz CT molecular complexity index is 161. The summed E-state index contributed by atoms with van der Waals surface area (Å²) in [6.45, 7) is 2.26. The van der Waals surface area contributed by atoms with Crippen molar-refractivity contribution in [2.45, 2.75) is 19.3 Å². The van der Waals surface area contributed by atoms with Crippen molar-refractivity contribution < 1.29 is 4.74 Å². The van der Waals surface area contributed by atoms with Crippen molar-refractivity contribution in [3.63, 3.8) is 0 Å². The topological polar surface area (TPSA) is 35.2 Å². The van der Waals surface area contributed by atoms with Gasteiger partial charge in [-0.3, -0.25) is 0 Å². The normalized spacial score (nSPS) is 28.8. The van der Waals surface area contributed by atoms with Crippen LogP contribution in [0.2, 0.25) is 0 Å². The van der Waals surface area contributed by atoms with E-state index in [1.165, 1.54) is 24.8 Å². The third-order valence-corrected chi connectivity index (χ3v) is 2.93. The molecule has 76 valence electrons. The average Bonchev–Trinajstić information content (AvgIpc) is 2.60. The highest BCUT2D eigenvalue weighted by Crippen LogP contribution is 2.30. The van der Waals surface area contributed by atoms with Crippen LogP contribution in [0.25, 0.3) is 0 Å². The second kappa shape index (κ2) is 6.41. The van der Waals surface area contributed by atoms with Gasteiger partial charge in [-0.05, 0) is 37.3 Å². The lowest BCUT2D eigenvalue weighted by atomic mass is 9.97. The minimum atomic E-state index is 0.622. The molecule has 13 heavy (non-hydrogen) atoms. The van der Waals surface area contributed by atoms with Gasteiger partial charge in [0.2, 0.25) is 0 Å². The summed E-state index contributed by atoms with van der Waals surface area (Å²) in [6.07, 6.45) is 5.66. The van der Waals surface area contributed by atoms with E-state index in [0.717, 1.165) is 13.2 Å². The number of ether oxygens (including phenoxy) is 1. The summed E-state index contributed by atoms with van der Waals surface area (Å²) in [5.74, 6) is 1.36. The van der Waals surface area contributed by atoms with Gasteiger partial charge in [0.1, 0.15) is 0 Å². The lowest BCUT2D eigenvalue weighted by Gasteiger charge is -2.16. The first-order chi connectivity index (χ1) is 6.38. The molecule has 1 saturated carbocycles. The molecule has 0 aliphatic heterocycles. The fourth-order valence-corrected chi connectivity index (χ4v) is 2.04. The van der Waals surface area contributed by atoms with Crippen molar-refractivity contribution in [2.75, 3.05) is 19.8 Å². The van der Waals surface area contributed by atoms with Crippen molar-refractivity contribution in [1.29, 1.82) is 0 Å². The Hall–Kier alpha value is -0.0500. The summed E-state index contributed by atoms with van der Waals surface area (Å²) < 4.78 is 5.46. The molecule has 0 saturated heterocycles. The van der Waals surface area contributed by atoms with Gasteiger partial charge in [-0.25, -0.2) is 0 Å². The summed E-state index contributed by atoms with van der Waals surface area (Å²) >= 11 is 5.37. The van der Waals surface area contributed by atoms with E-state index in [-0.39, 0.29) is 0 Å². The van der Waals surface area contributed by atoms with Crippen LogP contribution in [0.5, 0.6) is 0 Å². The maximum Gasteiger partial charge on any atom is 0.0659 e. The van der Waals surface area contributed by atoms with Crippen molar-refractivity contribution in [3.05, 3.63) is 11.6 Å². The fourth-order valence-electron chi connectivity index (χ4n) is 1.97. The summed E-state index contributed by atoms with van der Waals surface area (Å²) in [5.41, 5.74) is 7.16. The second-order valence-corrected chi connectivity index (χ2v) is 3.84.